The highest BCUT2D eigenvalue weighted by Crippen LogP contribution is 2.57. The van der Waals surface area contributed by atoms with Crippen molar-refractivity contribution in [3.05, 3.63) is 34.1 Å². The third kappa shape index (κ3) is 4.04. The number of nitrogens with zero attached hydrogens (tertiary/aromatic N) is 3. The first-order valence-electron chi connectivity index (χ1n) is 12.4. The maximum absolute atomic E-state index is 13.8. The van der Waals surface area contributed by atoms with Crippen LogP contribution < -0.4 is 0 Å². The Balaban J connectivity index is 1.30. The molecule has 5 atom stereocenters. The van der Waals surface area contributed by atoms with Crippen molar-refractivity contribution in [3.8, 4) is 0 Å². The third-order valence-corrected chi connectivity index (χ3v) is 8.80. The average molecular weight is 510 g/mol. The maximum atomic E-state index is 13.8. The summed E-state index contributed by atoms with van der Waals surface area (Å²) in [7, 11) is 0. The zero-order valence-electron chi connectivity index (χ0n) is 19.1. The van der Waals surface area contributed by atoms with E-state index in [4.69, 9.17) is 11.6 Å². The van der Waals surface area contributed by atoms with Crippen LogP contribution in [0.15, 0.2) is 12.1 Å². The Morgan fingerprint density at radius 2 is 1.86 bits per heavy atom. The molecule has 6 nitrogen and oxygen atoms in total. The number of rotatable bonds is 3. The van der Waals surface area contributed by atoms with Crippen molar-refractivity contribution in [1.82, 2.24) is 14.5 Å². The van der Waals surface area contributed by atoms with Gasteiger partial charge in [0.2, 0.25) is 0 Å². The Labute approximate surface area is 205 Å². The lowest BCUT2D eigenvalue weighted by molar-refractivity contribution is -0.142. The van der Waals surface area contributed by atoms with Gasteiger partial charge in [-0.05, 0) is 79.9 Å². The lowest BCUT2D eigenvalue weighted by Gasteiger charge is -2.32. The second-order valence-corrected chi connectivity index (χ2v) is 11.1. The first kappa shape index (κ1) is 23.3. The Hall–Kier alpha value is -2.13. The van der Waals surface area contributed by atoms with Gasteiger partial charge in [-0.2, -0.15) is 18.3 Å². The number of aliphatic hydroxyl groups excluding tert-OH is 1. The zero-order chi connectivity index (χ0) is 24.6. The molecule has 0 aromatic carbocycles. The summed E-state index contributed by atoms with van der Waals surface area (Å²) in [4.78, 5) is 28.0. The van der Waals surface area contributed by atoms with Crippen LogP contribution >= 0.6 is 11.6 Å². The van der Waals surface area contributed by atoms with Gasteiger partial charge in [-0.25, -0.2) is 4.52 Å². The fourth-order valence-corrected chi connectivity index (χ4v) is 6.54. The molecule has 2 aromatic rings. The molecule has 2 aromatic heterocycles. The van der Waals surface area contributed by atoms with Gasteiger partial charge in [0.05, 0.1) is 23.2 Å². The highest BCUT2D eigenvalue weighted by Gasteiger charge is 2.55. The van der Waals surface area contributed by atoms with Crippen LogP contribution in [0, 0.1) is 23.7 Å². The lowest BCUT2D eigenvalue weighted by Crippen LogP contribution is -2.43. The predicted octanol–water partition coefficient (Wildman–Crippen LogP) is 4.71. The van der Waals surface area contributed by atoms with Crippen LogP contribution in [0.4, 0.5) is 13.2 Å². The molecule has 188 valence electrons. The van der Waals surface area contributed by atoms with E-state index in [1.165, 1.54) is 4.90 Å². The van der Waals surface area contributed by atoms with Gasteiger partial charge in [0.25, 0.3) is 5.91 Å². The Morgan fingerprint density at radius 1 is 1.11 bits per heavy atom. The molecule has 4 aliphatic rings. The standard InChI is InChI=1S/C25H27ClF3N3O3/c26-21-18-9-13(12-4-5-12)10-20(25(27,28)29)32(18)30-22(21)24(35)31-6-2-1-3-15(19(33)11-31)17-8-14-7-16(14)23(17)34/h9-10,12,14-17,23,34H,1-8,11H2. The molecule has 3 heterocycles. The number of aliphatic hydroxyl groups is 1. The number of aromatic nitrogens is 2. The Morgan fingerprint density at radius 3 is 2.51 bits per heavy atom. The van der Waals surface area contributed by atoms with E-state index < -0.39 is 23.9 Å². The van der Waals surface area contributed by atoms with Crippen molar-refractivity contribution < 1.29 is 27.9 Å². The monoisotopic (exact) mass is 509 g/mol. The van der Waals surface area contributed by atoms with Gasteiger partial charge in [0.1, 0.15) is 5.69 Å². The second kappa shape index (κ2) is 8.20. The molecule has 5 unspecified atom stereocenters. The molecule has 1 N–H and O–H groups in total. The molecule has 1 aliphatic heterocycles. The van der Waals surface area contributed by atoms with E-state index in [-0.39, 0.29) is 46.3 Å². The van der Waals surface area contributed by atoms with Crippen LogP contribution in [-0.2, 0) is 11.0 Å². The Kier molecular flexibility index (Phi) is 5.45. The van der Waals surface area contributed by atoms with Gasteiger partial charge >= 0.3 is 6.18 Å². The molecule has 0 spiro atoms. The highest BCUT2D eigenvalue weighted by atomic mass is 35.5. The van der Waals surface area contributed by atoms with Crippen molar-refractivity contribution >= 4 is 28.8 Å². The van der Waals surface area contributed by atoms with E-state index in [9.17, 15) is 27.9 Å². The normalized spacial score (nSPS) is 31.4. The molecule has 0 bridgehead atoms. The summed E-state index contributed by atoms with van der Waals surface area (Å²) in [6, 6.07) is 2.67. The molecule has 3 aliphatic carbocycles. The summed E-state index contributed by atoms with van der Waals surface area (Å²) >= 11 is 6.46. The number of ketones is 1. The molecular weight excluding hydrogens is 483 g/mol. The minimum absolute atomic E-state index is 0.0521. The average Bonchev–Trinajstić information content (AvgIpc) is 3.71. The fraction of sp³-hybridized carbons (Fsp3) is 0.640. The largest absolute Gasteiger partial charge is 0.433 e. The van der Waals surface area contributed by atoms with Crippen LogP contribution in [0.5, 0.6) is 0 Å². The van der Waals surface area contributed by atoms with Crippen molar-refractivity contribution in [2.75, 3.05) is 13.1 Å². The number of hydrogen-bond donors (Lipinski definition) is 1. The van der Waals surface area contributed by atoms with Crippen molar-refractivity contribution in [2.24, 2.45) is 23.7 Å². The molecule has 0 radical (unpaired) electrons. The van der Waals surface area contributed by atoms with Crippen LogP contribution in [0.25, 0.3) is 5.52 Å². The molecule has 10 heteroatoms. The summed E-state index contributed by atoms with van der Waals surface area (Å²) in [6.45, 7) is 0.158. The number of pyridine rings is 1. The minimum atomic E-state index is -4.66. The molecule has 1 amide bonds. The topological polar surface area (TPSA) is 74.9 Å². The van der Waals surface area contributed by atoms with E-state index in [1.54, 1.807) is 6.07 Å². The van der Waals surface area contributed by atoms with Gasteiger partial charge in [-0.15, -0.1) is 0 Å². The molecule has 1 saturated heterocycles. The number of halogens is 4. The number of carbonyl (C=O) groups excluding carboxylic acids is 2. The fourth-order valence-electron chi connectivity index (χ4n) is 6.29. The first-order valence-corrected chi connectivity index (χ1v) is 12.8. The van der Waals surface area contributed by atoms with E-state index in [0.717, 1.165) is 38.2 Å². The van der Waals surface area contributed by atoms with Gasteiger partial charge in [0.15, 0.2) is 11.5 Å². The minimum Gasteiger partial charge on any atom is -0.393 e. The number of fused-ring (bicyclic) bond motifs is 2. The van der Waals surface area contributed by atoms with E-state index in [0.29, 0.717) is 41.3 Å². The molecule has 3 saturated carbocycles. The number of alkyl halides is 3. The molecule has 4 fully saturated rings. The van der Waals surface area contributed by atoms with Gasteiger partial charge in [-0.1, -0.05) is 18.0 Å². The van der Waals surface area contributed by atoms with Gasteiger partial charge in [0, 0.05) is 12.5 Å². The number of hydrogen-bond acceptors (Lipinski definition) is 4. The first-order chi connectivity index (χ1) is 16.6. The number of Topliss-reactive ketones (excluding diaryl/α,β-unsaturated/α-hetero) is 1. The SMILES string of the molecule is O=C1CN(C(=O)c2nn3c(C(F)(F)F)cc(C4CC4)cc3c2Cl)CCCCC1C1CC2CC2C1O. The molecule has 35 heavy (non-hydrogen) atoms. The summed E-state index contributed by atoms with van der Waals surface area (Å²) in [5, 5.41) is 14.5. The maximum Gasteiger partial charge on any atom is 0.433 e. The van der Waals surface area contributed by atoms with E-state index in [1.807, 2.05) is 0 Å². The van der Waals surface area contributed by atoms with Crippen LogP contribution in [0.2, 0.25) is 5.02 Å². The van der Waals surface area contributed by atoms with E-state index in [2.05, 4.69) is 5.10 Å². The van der Waals surface area contributed by atoms with Crippen LogP contribution in [0.1, 0.15) is 72.6 Å². The second-order valence-electron chi connectivity index (χ2n) is 10.8. The van der Waals surface area contributed by atoms with Gasteiger partial charge < -0.3 is 10.0 Å². The lowest BCUT2D eigenvalue weighted by atomic mass is 9.79. The number of carbonyl (C=O) groups is 2. The summed E-state index contributed by atoms with van der Waals surface area (Å²) in [6.07, 6.45) is 0.471. The Bertz CT molecular complexity index is 1210. The summed E-state index contributed by atoms with van der Waals surface area (Å²) in [5.74, 6) is -0.244. The van der Waals surface area contributed by atoms with Gasteiger partial charge in [-0.3, -0.25) is 9.59 Å². The number of amides is 1. The third-order valence-electron chi connectivity index (χ3n) is 8.42. The number of likely N-dealkylation sites (tertiary alicyclic amines) is 1. The molecule has 6 rings (SSSR count). The van der Waals surface area contributed by atoms with Crippen molar-refractivity contribution in [2.45, 2.75) is 63.1 Å². The summed E-state index contributed by atoms with van der Waals surface area (Å²) < 4.78 is 42.2. The van der Waals surface area contributed by atoms with Crippen LogP contribution in [0.3, 0.4) is 0 Å². The van der Waals surface area contributed by atoms with Crippen LogP contribution in [-0.4, -0.2) is 50.5 Å². The highest BCUT2D eigenvalue weighted by molar-refractivity contribution is 6.36. The smallest absolute Gasteiger partial charge is 0.393 e. The zero-order valence-corrected chi connectivity index (χ0v) is 19.9. The quantitative estimate of drug-likeness (QED) is 0.650. The summed E-state index contributed by atoms with van der Waals surface area (Å²) in [5.41, 5.74) is -0.632. The van der Waals surface area contributed by atoms with E-state index >= 15 is 0 Å². The van der Waals surface area contributed by atoms with Crippen molar-refractivity contribution in [3.63, 3.8) is 0 Å². The predicted molar refractivity (Wildman–Crippen MR) is 121 cm³/mol. The molecular formula is C25H27ClF3N3O3. The van der Waals surface area contributed by atoms with Crippen molar-refractivity contribution in [1.29, 1.82) is 0 Å².